The zero-order valence-electron chi connectivity index (χ0n) is 8.91. The van der Waals surface area contributed by atoms with E-state index in [0.29, 0.717) is 5.56 Å². The van der Waals surface area contributed by atoms with Gasteiger partial charge in [0.2, 0.25) is 0 Å². The van der Waals surface area contributed by atoms with Crippen molar-refractivity contribution in [2.75, 3.05) is 0 Å². The molecule has 1 aromatic rings. The number of carbonyl (C=O) groups is 1. The average molecular weight is 298 g/mol. The van der Waals surface area contributed by atoms with Crippen LogP contribution in [-0.4, -0.2) is 31.0 Å². The van der Waals surface area contributed by atoms with Gasteiger partial charge in [-0.05, 0) is 0 Å². The summed E-state index contributed by atoms with van der Waals surface area (Å²) in [5.41, 5.74) is 0.662. The number of nitro groups is 1. The maximum absolute atomic E-state index is 10.5. The topological polar surface area (TPSA) is 80.4 Å². The molecular formula is C11H9NO4Se. The van der Waals surface area contributed by atoms with Gasteiger partial charge in [-0.1, -0.05) is 0 Å². The zero-order valence-corrected chi connectivity index (χ0v) is 10.6. The number of carboxylic acids is 1. The van der Waals surface area contributed by atoms with E-state index in [2.05, 4.69) is 10.7 Å². The van der Waals surface area contributed by atoms with Crippen LogP contribution >= 0.6 is 0 Å². The fourth-order valence-corrected chi connectivity index (χ4v) is 1.85. The third-order valence-corrected chi connectivity index (χ3v) is 3.48. The Labute approximate surface area is 104 Å². The minimum atomic E-state index is -0.858. The van der Waals surface area contributed by atoms with Gasteiger partial charge in [-0.15, -0.1) is 0 Å². The molecule has 0 aromatic heterocycles. The van der Waals surface area contributed by atoms with Crippen LogP contribution in [0.2, 0.25) is 4.82 Å². The van der Waals surface area contributed by atoms with E-state index in [1.54, 1.807) is 19.1 Å². The molecule has 88 valence electrons. The molecule has 0 spiro atoms. The van der Waals surface area contributed by atoms with Gasteiger partial charge in [0.05, 0.1) is 0 Å². The first-order valence-corrected chi connectivity index (χ1v) is 6.49. The molecule has 6 heteroatoms. The summed E-state index contributed by atoms with van der Waals surface area (Å²) in [5, 5.41) is 19.0. The van der Waals surface area contributed by atoms with E-state index in [9.17, 15) is 14.9 Å². The standard InChI is InChI=1S/C11H9NO4Se/c1-8(11(13)14)17-7-6-9-2-4-10(5-3-9)12(15)16/h2-5,8H,1H3,(H,13,14). The Balaban J connectivity index is 2.67. The first-order chi connectivity index (χ1) is 8.00. The van der Waals surface area contributed by atoms with Crippen LogP contribution in [0, 0.1) is 20.9 Å². The minimum absolute atomic E-state index is 0.0139. The third-order valence-electron chi connectivity index (χ3n) is 1.86. The Kier molecular flexibility index (Phi) is 4.70. The van der Waals surface area contributed by atoms with Gasteiger partial charge in [0.15, 0.2) is 0 Å². The number of nitrogens with zero attached hydrogens (tertiary/aromatic N) is 1. The number of hydrogen-bond acceptors (Lipinski definition) is 3. The van der Waals surface area contributed by atoms with Crippen molar-refractivity contribution in [2.24, 2.45) is 0 Å². The van der Waals surface area contributed by atoms with Crippen LogP contribution < -0.4 is 0 Å². The first-order valence-electron chi connectivity index (χ1n) is 4.64. The second-order valence-corrected chi connectivity index (χ2v) is 5.54. The quantitative estimate of drug-likeness (QED) is 0.397. The second kappa shape index (κ2) is 6.04. The van der Waals surface area contributed by atoms with Crippen LogP contribution in [0.1, 0.15) is 12.5 Å². The molecule has 5 nitrogen and oxygen atoms in total. The van der Waals surface area contributed by atoms with Crippen LogP contribution in [0.4, 0.5) is 5.69 Å². The van der Waals surface area contributed by atoms with Crippen LogP contribution in [0.25, 0.3) is 0 Å². The van der Waals surface area contributed by atoms with E-state index in [1.165, 1.54) is 12.1 Å². The molecule has 1 N–H and O–H groups in total. The van der Waals surface area contributed by atoms with Gasteiger partial charge in [0.1, 0.15) is 0 Å². The van der Waals surface area contributed by atoms with Crippen molar-refractivity contribution in [1.29, 1.82) is 0 Å². The number of benzene rings is 1. The summed E-state index contributed by atoms with van der Waals surface area (Å²) in [4.78, 5) is 22.8. The molecule has 0 saturated carbocycles. The zero-order chi connectivity index (χ0) is 12.8. The number of hydrogen-bond donors (Lipinski definition) is 1. The van der Waals surface area contributed by atoms with Crippen LogP contribution in [0.3, 0.4) is 0 Å². The van der Waals surface area contributed by atoms with Gasteiger partial charge >= 0.3 is 104 Å². The molecule has 0 aliphatic heterocycles. The van der Waals surface area contributed by atoms with Gasteiger partial charge in [0.25, 0.3) is 0 Å². The van der Waals surface area contributed by atoms with Crippen molar-refractivity contribution in [1.82, 2.24) is 0 Å². The van der Waals surface area contributed by atoms with Crippen molar-refractivity contribution in [3.63, 3.8) is 0 Å². The van der Waals surface area contributed by atoms with Crippen molar-refractivity contribution < 1.29 is 14.8 Å². The maximum atomic E-state index is 10.5. The molecule has 0 fully saturated rings. The molecule has 0 bridgehead atoms. The number of aliphatic carboxylic acids is 1. The first kappa shape index (κ1) is 13.2. The molecular weight excluding hydrogens is 289 g/mol. The summed E-state index contributed by atoms with van der Waals surface area (Å²) in [6.45, 7) is 1.60. The van der Waals surface area contributed by atoms with E-state index < -0.39 is 15.7 Å². The van der Waals surface area contributed by atoms with Gasteiger partial charge in [0, 0.05) is 0 Å². The van der Waals surface area contributed by atoms with Gasteiger partial charge in [-0.3, -0.25) is 0 Å². The van der Waals surface area contributed by atoms with Gasteiger partial charge in [-0.25, -0.2) is 0 Å². The molecule has 1 unspecified atom stereocenters. The monoisotopic (exact) mass is 299 g/mol. The molecule has 1 atom stereocenters. The summed E-state index contributed by atoms with van der Waals surface area (Å²) in [7, 11) is 0. The van der Waals surface area contributed by atoms with Gasteiger partial charge in [-0.2, -0.15) is 0 Å². The third kappa shape index (κ3) is 4.27. The van der Waals surface area contributed by atoms with Crippen molar-refractivity contribution in [2.45, 2.75) is 11.7 Å². The molecule has 1 rings (SSSR count). The summed E-state index contributed by atoms with van der Waals surface area (Å²) < 4.78 is 0. The molecule has 1 aromatic carbocycles. The predicted octanol–water partition coefficient (Wildman–Crippen LogP) is 1.50. The second-order valence-electron chi connectivity index (χ2n) is 3.13. The van der Waals surface area contributed by atoms with E-state index in [4.69, 9.17) is 5.11 Å². The number of rotatable bonds is 3. The average Bonchev–Trinajstić information content (AvgIpc) is 2.29. The summed E-state index contributed by atoms with van der Waals surface area (Å²) in [5.74, 6) is 1.93. The molecule has 0 heterocycles. The molecule has 0 amide bonds. The number of carboxylic acid groups (broad SMARTS) is 1. The SMILES string of the molecule is CC([Se]C#Cc1ccc([N+](=O)[O-])cc1)C(=O)O. The Morgan fingerprint density at radius 3 is 2.53 bits per heavy atom. The molecule has 0 radical (unpaired) electrons. The molecule has 0 aliphatic rings. The molecule has 0 saturated heterocycles. The Hall–Kier alpha value is -1.83. The van der Waals surface area contributed by atoms with Crippen molar-refractivity contribution in [3.05, 3.63) is 39.9 Å². The van der Waals surface area contributed by atoms with Gasteiger partial charge < -0.3 is 0 Å². The van der Waals surface area contributed by atoms with Crippen LogP contribution in [-0.2, 0) is 4.79 Å². The summed E-state index contributed by atoms with van der Waals surface area (Å²) in [6.07, 6.45) is 0. The number of nitro benzene ring substituents is 1. The summed E-state index contributed by atoms with van der Waals surface area (Å²) in [6, 6.07) is 5.84. The molecule has 0 aliphatic carbocycles. The van der Waals surface area contributed by atoms with E-state index in [0.717, 1.165) is 0 Å². The van der Waals surface area contributed by atoms with Crippen LogP contribution in [0.15, 0.2) is 24.3 Å². The number of non-ortho nitro benzene ring substituents is 1. The Bertz CT molecular complexity index is 486. The molecule has 17 heavy (non-hydrogen) atoms. The summed E-state index contributed by atoms with van der Waals surface area (Å²) >= 11 is -0.298. The fraction of sp³-hybridized carbons (Fsp3) is 0.182. The Morgan fingerprint density at radius 1 is 1.47 bits per heavy atom. The fourth-order valence-electron chi connectivity index (χ4n) is 0.894. The predicted molar refractivity (Wildman–Crippen MR) is 62.8 cm³/mol. The van der Waals surface area contributed by atoms with Crippen molar-refractivity contribution >= 4 is 26.6 Å². The van der Waals surface area contributed by atoms with E-state index in [-0.39, 0.29) is 20.6 Å². The van der Waals surface area contributed by atoms with Crippen LogP contribution in [0.5, 0.6) is 0 Å². The van der Waals surface area contributed by atoms with Crippen molar-refractivity contribution in [3.8, 4) is 10.7 Å². The Morgan fingerprint density at radius 2 is 2.06 bits per heavy atom. The van der Waals surface area contributed by atoms with E-state index >= 15 is 0 Å². The normalized spacial score (nSPS) is 11.1. The van der Waals surface area contributed by atoms with E-state index in [1.807, 2.05) is 0 Å².